The molecule has 1 unspecified atom stereocenters. The summed E-state index contributed by atoms with van der Waals surface area (Å²) in [5.41, 5.74) is 3.47. The van der Waals surface area contributed by atoms with Crippen LogP contribution in [0.15, 0.2) is 46.0 Å². The third-order valence-electron chi connectivity index (χ3n) is 4.12. The smallest absolute Gasteiger partial charge is 0.387 e. The van der Waals surface area contributed by atoms with Crippen molar-refractivity contribution in [1.29, 1.82) is 0 Å². The van der Waals surface area contributed by atoms with E-state index in [4.69, 9.17) is 4.84 Å². The van der Waals surface area contributed by atoms with Gasteiger partial charge in [-0.3, -0.25) is 0 Å². The van der Waals surface area contributed by atoms with E-state index in [1.54, 1.807) is 13.0 Å². The molecule has 0 N–H and O–H groups in total. The van der Waals surface area contributed by atoms with Crippen molar-refractivity contribution in [2.75, 3.05) is 0 Å². The van der Waals surface area contributed by atoms with Crippen LogP contribution in [0.5, 0.6) is 0 Å². The van der Waals surface area contributed by atoms with Gasteiger partial charge in [-0.2, -0.15) is 13.2 Å². The fraction of sp³-hybridized carbons (Fsp3) is 0.316. The number of hydrogen-bond acceptors (Lipinski definition) is 2. The lowest BCUT2D eigenvalue weighted by molar-refractivity contribution is -0.137. The molecular formula is C19H17BrF3NO. The Morgan fingerprint density at radius 1 is 1.12 bits per heavy atom. The van der Waals surface area contributed by atoms with Gasteiger partial charge in [-0.05, 0) is 43.2 Å². The largest absolute Gasteiger partial charge is 0.416 e. The highest BCUT2D eigenvalue weighted by atomic mass is 79.9. The van der Waals surface area contributed by atoms with Crippen molar-refractivity contribution in [3.8, 4) is 0 Å². The fourth-order valence-electron chi connectivity index (χ4n) is 2.93. The standard InChI is InChI=1S/C19H17BrF3NO/c1-11-3-4-17(20)13(5-11)9-16-10-18(25-24-16)14-6-12(2)7-15(8-14)19(21,22)23/h3-8,18H,9-10H2,1-2H3. The SMILES string of the molecule is Cc1cc(C2CC(Cc3cc(C)ccc3Br)=NO2)cc(C(F)(F)F)c1. The highest BCUT2D eigenvalue weighted by Crippen LogP contribution is 2.35. The second kappa shape index (κ2) is 6.83. The van der Waals surface area contributed by atoms with Crippen molar-refractivity contribution in [1.82, 2.24) is 0 Å². The van der Waals surface area contributed by atoms with Crippen molar-refractivity contribution in [3.63, 3.8) is 0 Å². The second-order valence-corrected chi connectivity index (χ2v) is 7.21. The molecule has 0 saturated heterocycles. The Bertz CT molecular complexity index is 830. The Kier molecular flexibility index (Phi) is 4.91. The molecule has 3 rings (SSSR count). The molecule has 2 aromatic carbocycles. The highest BCUT2D eigenvalue weighted by molar-refractivity contribution is 9.10. The fourth-order valence-corrected chi connectivity index (χ4v) is 3.32. The monoisotopic (exact) mass is 411 g/mol. The third kappa shape index (κ3) is 4.24. The zero-order valence-corrected chi connectivity index (χ0v) is 15.4. The maximum absolute atomic E-state index is 13.0. The van der Waals surface area contributed by atoms with Crippen LogP contribution in [0.2, 0.25) is 0 Å². The molecule has 1 aliphatic rings. The summed E-state index contributed by atoms with van der Waals surface area (Å²) < 4.78 is 40.0. The summed E-state index contributed by atoms with van der Waals surface area (Å²) in [5, 5.41) is 4.10. The summed E-state index contributed by atoms with van der Waals surface area (Å²) in [7, 11) is 0. The first-order chi connectivity index (χ1) is 11.7. The lowest BCUT2D eigenvalue weighted by Crippen LogP contribution is -2.09. The summed E-state index contributed by atoms with van der Waals surface area (Å²) in [6, 6.07) is 10.1. The van der Waals surface area contributed by atoms with Gasteiger partial charge in [-0.15, -0.1) is 0 Å². The molecule has 0 spiro atoms. The number of nitrogens with zero attached hydrogens (tertiary/aromatic N) is 1. The maximum atomic E-state index is 13.0. The number of aryl methyl sites for hydroxylation is 2. The highest BCUT2D eigenvalue weighted by Gasteiger charge is 2.32. The minimum atomic E-state index is -4.37. The molecule has 1 aliphatic heterocycles. The van der Waals surface area contributed by atoms with Gasteiger partial charge in [0.2, 0.25) is 0 Å². The maximum Gasteiger partial charge on any atom is 0.416 e. The van der Waals surface area contributed by atoms with Crippen molar-refractivity contribution >= 4 is 21.6 Å². The van der Waals surface area contributed by atoms with Crippen LogP contribution in [0.1, 0.15) is 40.3 Å². The van der Waals surface area contributed by atoms with Gasteiger partial charge in [0, 0.05) is 17.3 Å². The molecule has 2 nitrogen and oxygen atoms in total. The summed E-state index contributed by atoms with van der Waals surface area (Å²) in [6.45, 7) is 3.66. The molecule has 1 atom stereocenters. The van der Waals surface area contributed by atoms with E-state index in [9.17, 15) is 13.2 Å². The van der Waals surface area contributed by atoms with E-state index in [1.807, 2.05) is 19.1 Å². The van der Waals surface area contributed by atoms with Crippen LogP contribution in [0.3, 0.4) is 0 Å². The third-order valence-corrected chi connectivity index (χ3v) is 4.90. The van der Waals surface area contributed by atoms with Crippen molar-refractivity contribution in [2.24, 2.45) is 5.16 Å². The Hall–Kier alpha value is -1.82. The number of alkyl halides is 3. The van der Waals surface area contributed by atoms with Gasteiger partial charge in [0.1, 0.15) is 0 Å². The molecule has 0 aromatic heterocycles. The van der Waals surface area contributed by atoms with Crippen LogP contribution in [0.4, 0.5) is 13.2 Å². The average Bonchev–Trinajstić information content (AvgIpc) is 2.98. The first kappa shape index (κ1) is 18.0. The number of halogens is 4. The Morgan fingerprint density at radius 2 is 1.88 bits per heavy atom. The van der Waals surface area contributed by atoms with E-state index in [1.165, 1.54) is 0 Å². The second-order valence-electron chi connectivity index (χ2n) is 6.36. The van der Waals surface area contributed by atoms with Gasteiger partial charge in [0.05, 0.1) is 11.3 Å². The molecule has 0 saturated carbocycles. The van der Waals surface area contributed by atoms with Crippen molar-refractivity contribution < 1.29 is 18.0 Å². The van der Waals surface area contributed by atoms with E-state index < -0.39 is 17.8 Å². The van der Waals surface area contributed by atoms with E-state index >= 15 is 0 Å². The summed E-state index contributed by atoms with van der Waals surface area (Å²) in [5.74, 6) is 0. The van der Waals surface area contributed by atoms with Gasteiger partial charge in [-0.1, -0.05) is 50.4 Å². The van der Waals surface area contributed by atoms with Gasteiger partial charge >= 0.3 is 6.18 Å². The Balaban J connectivity index is 1.76. The molecule has 0 fully saturated rings. The molecule has 0 bridgehead atoms. The quantitative estimate of drug-likeness (QED) is 0.593. The van der Waals surface area contributed by atoms with Gasteiger partial charge in [-0.25, -0.2) is 0 Å². The molecule has 132 valence electrons. The molecule has 0 aliphatic carbocycles. The van der Waals surface area contributed by atoms with Crippen LogP contribution in [-0.2, 0) is 17.4 Å². The first-order valence-corrected chi connectivity index (χ1v) is 8.67. The van der Waals surface area contributed by atoms with Crippen LogP contribution in [-0.4, -0.2) is 5.71 Å². The normalized spacial score (nSPS) is 17.4. The molecule has 6 heteroatoms. The molecule has 0 amide bonds. The lowest BCUT2D eigenvalue weighted by atomic mass is 9.97. The molecule has 25 heavy (non-hydrogen) atoms. The zero-order chi connectivity index (χ0) is 18.2. The van der Waals surface area contributed by atoms with Crippen LogP contribution in [0.25, 0.3) is 0 Å². The van der Waals surface area contributed by atoms with Crippen molar-refractivity contribution in [3.05, 3.63) is 68.7 Å². The average molecular weight is 412 g/mol. The van der Waals surface area contributed by atoms with Gasteiger partial charge in [0.15, 0.2) is 6.10 Å². The van der Waals surface area contributed by atoms with E-state index in [-0.39, 0.29) is 0 Å². The van der Waals surface area contributed by atoms with Gasteiger partial charge in [0.25, 0.3) is 0 Å². The minimum Gasteiger partial charge on any atom is -0.387 e. The number of rotatable bonds is 3. The van der Waals surface area contributed by atoms with Crippen molar-refractivity contribution in [2.45, 2.75) is 39.0 Å². The number of oxime groups is 1. The predicted molar refractivity (Wildman–Crippen MR) is 94.6 cm³/mol. The zero-order valence-electron chi connectivity index (χ0n) is 13.8. The lowest BCUT2D eigenvalue weighted by Gasteiger charge is -2.14. The van der Waals surface area contributed by atoms with E-state index in [2.05, 4.69) is 27.2 Å². The Labute approximate surface area is 152 Å². The topological polar surface area (TPSA) is 21.6 Å². The molecule has 2 aromatic rings. The summed E-state index contributed by atoms with van der Waals surface area (Å²) >= 11 is 3.52. The van der Waals surface area contributed by atoms with Crippen LogP contribution >= 0.6 is 15.9 Å². The molecule has 0 radical (unpaired) electrons. The molecule has 1 heterocycles. The molecular weight excluding hydrogens is 395 g/mol. The van der Waals surface area contributed by atoms with Gasteiger partial charge < -0.3 is 4.84 Å². The number of benzene rings is 2. The minimum absolute atomic E-state index is 0.473. The Morgan fingerprint density at radius 3 is 2.60 bits per heavy atom. The summed E-state index contributed by atoms with van der Waals surface area (Å²) in [6.07, 6.45) is -3.74. The van der Waals surface area contributed by atoms with E-state index in [0.29, 0.717) is 24.0 Å². The van der Waals surface area contributed by atoms with E-state index in [0.717, 1.165) is 33.4 Å². The first-order valence-electron chi connectivity index (χ1n) is 7.88. The predicted octanol–water partition coefficient (Wildman–Crippen LogP) is 6.14. The summed E-state index contributed by atoms with van der Waals surface area (Å²) in [4.78, 5) is 5.42. The van der Waals surface area contributed by atoms with Crippen LogP contribution in [0, 0.1) is 13.8 Å². The number of hydrogen-bond donors (Lipinski definition) is 0. The van der Waals surface area contributed by atoms with Crippen LogP contribution < -0.4 is 0 Å².